The van der Waals surface area contributed by atoms with E-state index in [0.717, 1.165) is 27.5 Å². The Morgan fingerprint density at radius 1 is 1.00 bits per heavy atom. The summed E-state index contributed by atoms with van der Waals surface area (Å²) < 4.78 is 0. The molecule has 0 unspecified atom stereocenters. The standard InChI is InChI=1S/C19H11ClO/c1-2-13-10-11-14-6-3-4-9-17(14)18(13)15-7-5-8-16(12-15)19(20)21/h1,3-12H. The van der Waals surface area contributed by atoms with Gasteiger partial charge in [-0.15, -0.1) is 6.42 Å². The number of fused-ring (bicyclic) bond motifs is 1. The van der Waals surface area contributed by atoms with Crippen LogP contribution in [-0.2, 0) is 0 Å². The first kappa shape index (κ1) is 13.4. The molecular formula is C19H11ClO. The summed E-state index contributed by atoms with van der Waals surface area (Å²) >= 11 is 5.58. The number of carbonyl (C=O) groups excluding carboxylic acids is 1. The summed E-state index contributed by atoms with van der Waals surface area (Å²) in [6, 6.07) is 19.2. The van der Waals surface area contributed by atoms with Gasteiger partial charge in [-0.1, -0.05) is 54.5 Å². The molecule has 0 saturated carbocycles. The van der Waals surface area contributed by atoms with E-state index in [2.05, 4.69) is 5.92 Å². The van der Waals surface area contributed by atoms with Gasteiger partial charge in [0.1, 0.15) is 0 Å². The summed E-state index contributed by atoms with van der Waals surface area (Å²) in [6.07, 6.45) is 5.63. The number of benzene rings is 3. The number of hydrogen-bond acceptors (Lipinski definition) is 1. The molecule has 1 nitrogen and oxygen atoms in total. The van der Waals surface area contributed by atoms with E-state index >= 15 is 0 Å². The Bertz CT molecular complexity index is 887. The molecule has 2 heteroatoms. The molecule has 3 rings (SSSR count). The van der Waals surface area contributed by atoms with Gasteiger partial charge in [0.05, 0.1) is 0 Å². The zero-order valence-electron chi connectivity index (χ0n) is 11.1. The van der Waals surface area contributed by atoms with Crippen molar-refractivity contribution >= 4 is 27.6 Å². The number of terminal acetylenes is 1. The SMILES string of the molecule is C#Cc1ccc2ccccc2c1-c1cccc(C(=O)Cl)c1. The maximum Gasteiger partial charge on any atom is 0.252 e. The van der Waals surface area contributed by atoms with Crippen LogP contribution in [0.15, 0.2) is 60.7 Å². The van der Waals surface area contributed by atoms with Crippen LogP contribution in [0.4, 0.5) is 0 Å². The van der Waals surface area contributed by atoms with Crippen LogP contribution in [0.2, 0.25) is 0 Å². The van der Waals surface area contributed by atoms with E-state index in [-0.39, 0.29) is 0 Å². The van der Waals surface area contributed by atoms with Gasteiger partial charge in [0.25, 0.3) is 5.24 Å². The van der Waals surface area contributed by atoms with Crippen LogP contribution in [0.1, 0.15) is 15.9 Å². The van der Waals surface area contributed by atoms with Crippen molar-refractivity contribution in [3.8, 4) is 23.5 Å². The lowest BCUT2D eigenvalue weighted by atomic mass is 9.93. The van der Waals surface area contributed by atoms with E-state index < -0.39 is 5.24 Å². The second kappa shape index (κ2) is 5.44. The van der Waals surface area contributed by atoms with E-state index in [1.165, 1.54) is 0 Å². The number of carbonyl (C=O) groups is 1. The summed E-state index contributed by atoms with van der Waals surface area (Å²) in [5.74, 6) is 2.72. The number of halogens is 1. The minimum absolute atomic E-state index is 0.463. The molecule has 3 aromatic carbocycles. The predicted octanol–water partition coefficient (Wildman–Crippen LogP) is 4.87. The number of hydrogen-bond donors (Lipinski definition) is 0. The molecule has 0 heterocycles. The molecule has 0 aliphatic heterocycles. The quantitative estimate of drug-likeness (QED) is 0.486. The minimum Gasteiger partial charge on any atom is -0.276 e. The van der Waals surface area contributed by atoms with Gasteiger partial charge in [0.2, 0.25) is 0 Å². The summed E-state index contributed by atoms with van der Waals surface area (Å²) in [7, 11) is 0. The fourth-order valence-electron chi connectivity index (χ4n) is 2.50. The molecule has 0 aliphatic carbocycles. The van der Waals surface area contributed by atoms with E-state index in [9.17, 15) is 4.79 Å². The van der Waals surface area contributed by atoms with Crippen molar-refractivity contribution in [2.45, 2.75) is 0 Å². The molecule has 3 aromatic rings. The van der Waals surface area contributed by atoms with Crippen molar-refractivity contribution in [2.75, 3.05) is 0 Å². The highest BCUT2D eigenvalue weighted by molar-refractivity contribution is 6.67. The molecule has 0 N–H and O–H groups in total. The van der Waals surface area contributed by atoms with Crippen LogP contribution < -0.4 is 0 Å². The normalized spacial score (nSPS) is 10.3. The highest BCUT2D eigenvalue weighted by Gasteiger charge is 2.10. The molecule has 0 bridgehead atoms. The Balaban J connectivity index is 2.36. The van der Waals surface area contributed by atoms with E-state index in [1.807, 2.05) is 48.5 Å². The first-order chi connectivity index (χ1) is 10.2. The van der Waals surface area contributed by atoms with Crippen LogP contribution in [0, 0.1) is 12.3 Å². The molecule has 0 amide bonds. The third-order valence-electron chi connectivity index (χ3n) is 3.46. The maximum atomic E-state index is 11.4. The maximum absolute atomic E-state index is 11.4. The molecule has 0 aromatic heterocycles. The Kier molecular flexibility index (Phi) is 3.48. The summed E-state index contributed by atoms with van der Waals surface area (Å²) in [5, 5.41) is 1.69. The molecular weight excluding hydrogens is 280 g/mol. The first-order valence-electron chi connectivity index (χ1n) is 6.49. The average molecular weight is 291 g/mol. The molecule has 100 valence electrons. The van der Waals surface area contributed by atoms with E-state index in [1.54, 1.807) is 12.1 Å². The van der Waals surface area contributed by atoms with Crippen LogP contribution in [0.3, 0.4) is 0 Å². The lowest BCUT2D eigenvalue weighted by Gasteiger charge is -2.10. The van der Waals surface area contributed by atoms with Gasteiger partial charge in [0, 0.05) is 16.7 Å². The monoisotopic (exact) mass is 290 g/mol. The molecule has 0 fully saturated rings. The fraction of sp³-hybridized carbons (Fsp3) is 0. The Hall–Kier alpha value is -2.56. The van der Waals surface area contributed by atoms with Crippen LogP contribution >= 0.6 is 11.6 Å². The fourth-order valence-corrected chi connectivity index (χ4v) is 2.62. The zero-order chi connectivity index (χ0) is 14.8. The lowest BCUT2D eigenvalue weighted by molar-refractivity contribution is 0.108. The molecule has 0 atom stereocenters. The van der Waals surface area contributed by atoms with Crippen LogP contribution in [-0.4, -0.2) is 5.24 Å². The van der Waals surface area contributed by atoms with Gasteiger partial charge >= 0.3 is 0 Å². The van der Waals surface area contributed by atoms with Crippen LogP contribution in [0.25, 0.3) is 21.9 Å². The third-order valence-corrected chi connectivity index (χ3v) is 3.68. The summed E-state index contributed by atoms with van der Waals surface area (Å²) in [4.78, 5) is 11.4. The van der Waals surface area contributed by atoms with Gasteiger partial charge in [-0.2, -0.15) is 0 Å². The molecule has 0 spiro atoms. The van der Waals surface area contributed by atoms with Crippen molar-refractivity contribution in [3.63, 3.8) is 0 Å². The minimum atomic E-state index is -0.473. The van der Waals surface area contributed by atoms with Crippen molar-refractivity contribution in [2.24, 2.45) is 0 Å². The molecule has 21 heavy (non-hydrogen) atoms. The predicted molar refractivity (Wildman–Crippen MR) is 87.5 cm³/mol. The second-order valence-corrected chi connectivity index (χ2v) is 5.05. The average Bonchev–Trinajstić information content (AvgIpc) is 2.53. The second-order valence-electron chi connectivity index (χ2n) is 4.71. The smallest absolute Gasteiger partial charge is 0.252 e. The molecule has 0 saturated heterocycles. The summed E-state index contributed by atoms with van der Waals surface area (Å²) in [5.41, 5.74) is 3.11. The van der Waals surface area contributed by atoms with Crippen molar-refractivity contribution in [3.05, 3.63) is 71.8 Å². The topological polar surface area (TPSA) is 17.1 Å². The van der Waals surface area contributed by atoms with Gasteiger partial charge in [-0.05, 0) is 40.1 Å². The Labute approximate surface area is 128 Å². The van der Waals surface area contributed by atoms with Gasteiger partial charge in [0.15, 0.2) is 0 Å². The van der Waals surface area contributed by atoms with E-state index in [0.29, 0.717) is 5.56 Å². The number of rotatable bonds is 2. The Morgan fingerprint density at radius 2 is 1.81 bits per heavy atom. The lowest BCUT2D eigenvalue weighted by Crippen LogP contribution is -1.92. The van der Waals surface area contributed by atoms with Crippen molar-refractivity contribution in [1.29, 1.82) is 0 Å². The van der Waals surface area contributed by atoms with Crippen molar-refractivity contribution in [1.82, 2.24) is 0 Å². The largest absolute Gasteiger partial charge is 0.276 e. The van der Waals surface area contributed by atoms with Crippen molar-refractivity contribution < 1.29 is 4.79 Å². The molecule has 0 aliphatic rings. The Morgan fingerprint density at radius 3 is 2.57 bits per heavy atom. The van der Waals surface area contributed by atoms with Gasteiger partial charge < -0.3 is 0 Å². The van der Waals surface area contributed by atoms with Crippen LogP contribution in [0.5, 0.6) is 0 Å². The summed E-state index contributed by atoms with van der Waals surface area (Å²) in [6.45, 7) is 0. The highest BCUT2D eigenvalue weighted by atomic mass is 35.5. The zero-order valence-corrected chi connectivity index (χ0v) is 11.9. The van der Waals surface area contributed by atoms with E-state index in [4.69, 9.17) is 18.0 Å². The highest BCUT2D eigenvalue weighted by Crippen LogP contribution is 2.32. The third kappa shape index (κ3) is 2.42. The van der Waals surface area contributed by atoms with Gasteiger partial charge in [-0.3, -0.25) is 4.79 Å². The molecule has 0 radical (unpaired) electrons. The van der Waals surface area contributed by atoms with Gasteiger partial charge in [-0.25, -0.2) is 0 Å². The first-order valence-corrected chi connectivity index (χ1v) is 6.87.